The van der Waals surface area contributed by atoms with Crippen molar-refractivity contribution < 1.29 is 23.7 Å². The van der Waals surface area contributed by atoms with Gasteiger partial charge in [-0.15, -0.1) is 11.3 Å². The number of halogens is 2. The highest BCUT2D eigenvalue weighted by Crippen LogP contribution is 2.34. The number of hydrogen-bond acceptors (Lipinski definition) is 8. The fraction of sp³-hybridized carbons (Fsp3) is 0.400. The van der Waals surface area contributed by atoms with Gasteiger partial charge < -0.3 is 26.0 Å². The molecule has 1 aromatic carbocycles. The molecule has 166 valence electrons. The summed E-state index contributed by atoms with van der Waals surface area (Å²) in [5.41, 5.74) is 7.14. The summed E-state index contributed by atoms with van der Waals surface area (Å²) in [6.07, 6.45) is 0.351. The molecule has 5 N–H and O–H groups in total. The first-order valence-corrected chi connectivity index (χ1v) is 10.6. The maximum Gasteiger partial charge on any atom is 0.169 e. The summed E-state index contributed by atoms with van der Waals surface area (Å²) in [5.74, 6) is -1.44. The van der Waals surface area contributed by atoms with Crippen molar-refractivity contribution in [3.8, 4) is 10.6 Å². The van der Waals surface area contributed by atoms with Gasteiger partial charge in [0.15, 0.2) is 6.23 Å². The molecule has 1 aliphatic rings. The topological polar surface area (TPSA) is 118 Å². The van der Waals surface area contributed by atoms with Gasteiger partial charge in [0.1, 0.15) is 28.4 Å². The molecule has 1 saturated heterocycles. The minimum atomic E-state index is -1.23. The fourth-order valence-electron chi connectivity index (χ4n) is 3.56. The van der Waals surface area contributed by atoms with E-state index in [0.29, 0.717) is 24.2 Å². The quantitative estimate of drug-likeness (QED) is 0.440. The Morgan fingerprint density at radius 3 is 2.81 bits per heavy atom. The molecule has 1 unspecified atom stereocenters. The van der Waals surface area contributed by atoms with E-state index in [1.165, 1.54) is 11.4 Å². The molecule has 0 spiro atoms. The third-order valence-corrected chi connectivity index (χ3v) is 6.16. The largest absolute Gasteiger partial charge is 0.389 e. The SMILES string of the molecule is Cn1ncc(NC(O)c2csc(-c3c(F)cccc3F)n2)c1[C@H]1CC[C@H](N)[C@H](O)CO1. The molecular formula is C20H23F2N5O3S. The Labute approximate surface area is 181 Å². The monoisotopic (exact) mass is 451 g/mol. The maximum absolute atomic E-state index is 14.0. The Balaban J connectivity index is 1.54. The molecule has 3 heterocycles. The molecule has 1 fully saturated rings. The second-order valence-electron chi connectivity index (χ2n) is 7.42. The van der Waals surface area contributed by atoms with Crippen LogP contribution in [0.2, 0.25) is 0 Å². The van der Waals surface area contributed by atoms with Gasteiger partial charge in [-0.2, -0.15) is 5.10 Å². The molecule has 1 aliphatic heterocycles. The Hall–Kier alpha value is -2.44. The second-order valence-corrected chi connectivity index (χ2v) is 8.28. The van der Waals surface area contributed by atoms with Gasteiger partial charge in [-0.25, -0.2) is 13.8 Å². The number of anilines is 1. The predicted octanol–water partition coefficient (Wildman–Crippen LogP) is 2.46. The molecule has 0 amide bonds. The van der Waals surface area contributed by atoms with Crippen molar-refractivity contribution >= 4 is 17.0 Å². The number of thiazole rings is 1. The van der Waals surface area contributed by atoms with Crippen molar-refractivity contribution in [1.29, 1.82) is 0 Å². The first-order chi connectivity index (χ1) is 14.8. The zero-order chi connectivity index (χ0) is 22.1. The zero-order valence-electron chi connectivity index (χ0n) is 16.7. The van der Waals surface area contributed by atoms with Crippen molar-refractivity contribution in [1.82, 2.24) is 14.8 Å². The minimum absolute atomic E-state index is 0.0999. The van der Waals surface area contributed by atoms with Gasteiger partial charge in [-0.05, 0) is 25.0 Å². The van der Waals surface area contributed by atoms with Gasteiger partial charge in [0, 0.05) is 18.5 Å². The van der Waals surface area contributed by atoms with Gasteiger partial charge >= 0.3 is 0 Å². The molecule has 0 bridgehead atoms. The number of aromatic nitrogens is 3. The molecule has 31 heavy (non-hydrogen) atoms. The Morgan fingerprint density at radius 2 is 2.06 bits per heavy atom. The van der Waals surface area contributed by atoms with E-state index in [1.54, 1.807) is 17.9 Å². The lowest BCUT2D eigenvalue weighted by Crippen LogP contribution is -2.35. The Morgan fingerprint density at radius 1 is 1.32 bits per heavy atom. The fourth-order valence-corrected chi connectivity index (χ4v) is 4.45. The van der Waals surface area contributed by atoms with E-state index in [9.17, 15) is 19.0 Å². The molecule has 2 aromatic heterocycles. The lowest BCUT2D eigenvalue weighted by Gasteiger charge is -2.19. The molecule has 0 radical (unpaired) electrons. The van der Waals surface area contributed by atoms with Gasteiger partial charge in [0.25, 0.3) is 0 Å². The van der Waals surface area contributed by atoms with E-state index < -0.39 is 24.0 Å². The summed E-state index contributed by atoms with van der Waals surface area (Å²) in [6.45, 7) is 0.0999. The number of aliphatic hydroxyl groups excluding tert-OH is 2. The minimum Gasteiger partial charge on any atom is -0.389 e. The van der Waals surface area contributed by atoms with Crippen LogP contribution < -0.4 is 11.1 Å². The third-order valence-electron chi connectivity index (χ3n) is 5.29. The van der Waals surface area contributed by atoms with Crippen LogP contribution in [0.25, 0.3) is 10.6 Å². The highest BCUT2D eigenvalue weighted by molar-refractivity contribution is 7.13. The normalized spacial score (nSPS) is 22.8. The third kappa shape index (κ3) is 4.46. The number of aliphatic hydroxyl groups is 2. The van der Waals surface area contributed by atoms with Crippen LogP contribution in [0.15, 0.2) is 29.8 Å². The lowest BCUT2D eigenvalue weighted by molar-refractivity contribution is -0.00237. The van der Waals surface area contributed by atoms with Crippen LogP contribution in [0, 0.1) is 11.6 Å². The van der Waals surface area contributed by atoms with Gasteiger partial charge in [-0.1, -0.05) is 6.07 Å². The number of rotatable bonds is 5. The standard InChI is InChI=1S/C20H23F2N5O3S/c1-27-18(16-6-5-12(23)15(28)8-30-16)13(7-24-27)25-19(29)14-9-31-20(26-14)17-10(21)3-2-4-11(17)22/h2-4,7,9,12,15-16,19,25,28-29H,5-6,8,23H2,1H3/t12-,15+,16+,19?/m0/s1. The average Bonchev–Trinajstić information content (AvgIpc) is 3.31. The van der Waals surface area contributed by atoms with Crippen molar-refractivity contribution in [3.05, 3.63) is 52.8 Å². The number of benzene rings is 1. The first kappa shape index (κ1) is 21.8. The van der Waals surface area contributed by atoms with Crippen LogP contribution in [-0.4, -0.2) is 43.7 Å². The van der Waals surface area contributed by atoms with Crippen LogP contribution in [0.1, 0.15) is 36.6 Å². The summed E-state index contributed by atoms with van der Waals surface area (Å²) >= 11 is 1.03. The van der Waals surface area contributed by atoms with E-state index in [0.717, 1.165) is 23.5 Å². The van der Waals surface area contributed by atoms with E-state index in [2.05, 4.69) is 15.4 Å². The van der Waals surface area contributed by atoms with E-state index in [1.807, 2.05) is 0 Å². The summed E-state index contributed by atoms with van der Waals surface area (Å²) in [4.78, 5) is 4.20. The number of ether oxygens (including phenoxy) is 1. The highest BCUT2D eigenvalue weighted by Gasteiger charge is 2.29. The highest BCUT2D eigenvalue weighted by atomic mass is 32.1. The molecular weight excluding hydrogens is 428 g/mol. The van der Waals surface area contributed by atoms with Crippen molar-refractivity contribution in [2.75, 3.05) is 11.9 Å². The van der Waals surface area contributed by atoms with Crippen LogP contribution in [0.4, 0.5) is 14.5 Å². The number of aryl methyl sites for hydroxylation is 1. The summed E-state index contributed by atoms with van der Waals surface area (Å²) in [6, 6.07) is 3.23. The van der Waals surface area contributed by atoms with E-state index in [-0.39, 0.29) is 35.0 Å². The predicted molar refractivity (Wildman–Crippen MR) is 111 cm³/mol. The van der Waals surface area contributed by atoms with Crippen molar-refractivity contribution in [2.24, 2.45) is 12.8 Å². The van der Waals surface area contributed by atoms with Gasteiger partial charge in [-0.3, -0.25) is 4.68 Å². The van der Waals surface area contributed by atoms with Crippen LogP contribution in [0.5, 0.6) is 0 Å². The summed E-state index contributed by atoms with van der Waals surface area (Å²) < 4.78 is 35.5. The first-order valence-electron chi connectivity index (χ1n) is 9.76. The summed E-state index contributed by atoms with van der Waals surface area (Å²) in [7, 11) is 1.75. The molecule has 4 rings (SSSR count). The molecule has 0 saturated carbocycles. The van der Waals surface area contributed by atoms with Crippen molar-refractivity contribution in [2.45, 2.75) is 37.3 Å². The zero-order valence-corrected chi connectivity index (χ0v) is 17.5. The maximum atomic E-state index is 14.0. The van der Waals surface area contributed by atoms with Crippen molar-refractivity contribution in [3.63, 3.8) is 0 Å². The number of nitrogens with two attached hydrogens (primary N) is 1. The Kier molecular flexibility index (Phi) is 6.30. The smallest absolute Gasteiger partial charge is 0.169 e. The lowest BCUT2D eigenvalue weighted by atomic mass is 10.0. The molecule has 11 heteroatoms. The van der Waals surface area contributed by atoms with E-state index in [4.69, 9.17) is 10.5 Å². The van der Waals surface area contributed by atoms with Gasteiger partial charge in [0.05, 0.1) is 35.9 Å². The van der Waals surface area contributed by atoms with E-state index >= 15 is 0 Å². The number of nitrogens with zero attached hydrogens (tertiary/aromatic N) is 3. The van der Waals surface area contributed by atoms with Crippen LogP contribution in [0.3, 0.4) is 0 Å². The number of nitrogens with one attached hydrogen (secondary N) is 1. The second kappa shape index (κ2) is 8.97. The van der Waals surface area contributed by atoms with Crippen LogP contribution in [-0.2, 0) is 11.8 Å². The van der Waals surface area contributed by atoms with Gasteiger partial charge in [0.2, 0.25) is 0 Å². The Bertz CT molecular complexity index is 1030. The summed E-state index contributed by atoms with van der Waals surface area (Å²) in [5, 5.41) is 29.4. The number of hydrogen-bond donors (Lipinski definition) is 4. The molecule has 8 nitrogen and oxygen atoms in total. The molecule has 3 aromatic rings. The molecule has 4 atom stereocenters. The van der Waals surface area contributed by atoms with Crippen LogP contribution >= 0.6 is 11.3 Å². The molecule has 0 aliphatic carbocycles. The average molecular weight is 451 g/mol.